The van der Waals surface area contributed by atoms with E-state index in [9.17, 15) is 15.0 Å². The van der Waals surface area contributed by atoms with Crippen molar-refractivity contribution in [3.05, 3.63) is 45.5 Å². The molecule has 0 saturated heterocycles. The van der Waals surface area contributed by atoms with Crippen molar-refractivity contribution in [3.8, 4) is 23.0 Å². The highest BCUT2D eigenvalue weighted by atomic mass is 16.5. The molecule has 7 nitrogen and oxygen atoms in total. The summed E-state index contributed by atoms with van der Waals surface area (Å²) in [5.41, 5.74) is -0.321. The Morgan fingerprint density at radius 1 is 1.04 bits per heavy atom. The maximum absolute atomic E-state index is 11.7. The molecular weight excluding hydrogens is 304 g/mol. The van der Waals surface area contributed by atoms with Crippen molar-refractivity contribution in [3.63, 3.8) is 0 Å². The van der Waals surface area contributed by atoms with Crippen LogP contribution in [0.2, 0.25) is 0 Å². The van der Waals surface area contributed by atoms with Crippen LogP contribution in [0.5, 0.6) is 23.0 Å². The third kappa shape index (κ3) is 3.09. The van der Waals surface area contributed by atoms with Gasteiger partial charge in [-0.05, 0) is 24.6 Å². The molecular formula is C16H18O7. The molecule has 1 heterocycles. The fraction of sp³-hybridized carbons (Fsp3) is 0.312. The molecule has 0 aliphatic heterocycles. The highest BCUT2D eigenvalue weighted by Gasteiger charge is 2.24. The minimum atomic E-state index is -1.38. The van der Waals surface area contributed by atoms with Crippen molar-refractivity contribution < 1.29 is 28.8 Å². The Bertz CT molecular complexity index is 739. The minimum Gasteiger partial charge on any atom is -0.502 e. The summed E-state index contributed by atoms with van der Waals surface area (Å²) in [6.07, 6.45) is -1.38. The van der Waals surface area contributed by atoms with Gasteiger partial charge in [-0.1, -0.05) is 0 Å². The van der Waals surface area contributed by atoms with Crippen LogP contribution in [0.25, 0.3) is 0 Å². The lowest BCUT2D eigenvalue weighted by Gasteiger charge is -2.17. The van der Waals surface area contributed by atoms with Gasteiger partial charge in [0.1, 0.15) is 11.9 Å². The van der Waals surface area contributed by atoms with Crippen molar-refractivity contribution in [2.45, 2.75) is 13.0 Å². The molecule has 23 heavy (non-hydrogen) atoms. The topological polar surface area (TPSA) is 98.4 Å². The fourth-order valence-corrected chi connectivity index (χ4v) is 2.22. The Morgan fingerprint density at radius 3 is 2.09 bits per heavy atom. The van der Waals surface area contributed by atoms with Crippen molar-refractivity contribution >= 4 is 0 Å². The predicted octanol–water partition coefficient (Wildman–Crippen LogP) is 1.76. The van der Waals surface area contributed by atoms with E-state index in [0.717, 1.165) is 6.07 Å². The zero-order valence-electron chi connectivity index (χ0n) is 13.2. The average molecular weight is 322 g/mol. The lowest BCUT2D eigenvalue weighted by molar-refractivity contribution is 0.175. The summed E-state index contributed by atoms with van der Waals surface area (Å²) in [4.78, 5) is 11.7. The molecule has 124 valence electrons. The van der Waals surface area contributed by atoms with E-state index in [1.165, 1.54) is 33.5 Å². The largest absolute Gasteiger partial charge is 0.502 e. The highest BCUT2D eigenvalue weighted by Crippen LogP contribution is 2.41. The van der Waals surface area contributed by atoms with Gasteiger partial charge in [-0.2, -0.15) is 0 Å². The van der Waals surface area contributed by atoms with Gasteiger partial charge in [-0.3, -0.25) is 4.79 Å². The molecule has 0 bridgehead atoms. The molecule has 0 fully saturated rings. The van der Waals surface area contributed by atoms with Crippen LogP contribution in [0, 0.1) is 6.92 Å². The first-order valence-electron chi connectivity index (χ1n) is 6.74. The van der Waals surface area contributed by atoms with Gasteiger partial charge in [0, 0.05) is 6.07 Å². The molecule has 0 amide bonds. The lowest BCUT2D eigenvalue weighted by Crippen LogP contribution is -2.09. The molecule has 0 saturated carbocycles. The van der Waals surface area contributed by atoms with E-state index >= 15 is 0 Å². The molecule has 2 N–H and O–H groups in total. The smallest absolute Gasteiger partial charge is 0.227 e. The number of aryl methyl sites for hydroxylation is 1. The number of aromatic hydroxyl groups is 1. The molecule has 2 rings (SSSR count). The Hall–Kier alpha value is -2.67. The Morgan fingerprint density at radius 2 is 1.61 bits per heavy atom. The van der Waals surface area contributed by atoms with Gasteiger partial charge < -0.3 is 28.8 Å². The molecule has 1 aromatic carbocycles. The zero-order chi connectivity index (χ0) is 17.1. The second-order valence-corrected chi connectivity index (χ2v) is 4.80. The van der Waals surface area contributed by atoms with Crippen LogP contribution < -0.4 is 19.6 Å². The van der Waals surface area contributed by atoms with Gasteiger partial charge in [0.25, 0.3) is 0 Å². The fourth-order valence-electron chi connectivity index (χ4n) is 2.22. The monoisotopic (exact) mass is 322 g/mol. The molecule has 0 radical (unpaired) electrons. The van der Waals surface area contributed by atoms with Crippen LogP contribution in [0.3, 0.4) is 0 Å². The second-order valence-electron chi connectivity index (χ2n) is 4.80. The molecule has 0 aliphatic rings. The summed E-state index contributed by atoms with van der Waals surface area (Å²) in [5, 5.41) is 20.3. The van der Waals surface area contributed by atoms with Crippen molar-refractivity contribution in [2.75, 3.05) is 21.3 Å². The maximum atomic E-state index is 11.7. The zero-order valence-corrected chi connectivity index (χ0v) is 13.2. The summed E-state index contributed by atoms with van der Waals surface area (Å²) >= 11 is 0. The van der Waals surface area contributed by atoms with Gasteiger partial charge in [0.05, 0.1) is 21.3 Å². The van der Waals surface area contributed by atoms with E-state index in [4.69, 9.17) is 18.6 Å². The van der Waals surface area contributed by atoms with E-state index in [1.807, 2.05) is 0 Å². The van der Waals surface area contributed by atoms with Gasteiger partial charge in [-0.25, -0.2) is 0 Å². The minimum absolute atomic E-state index is 0.246. The Kier molecular flexibility index (Phi) is 4.80. The van der Waals surface area contributed by atoms with Gasteiger partial charge in [0.2, 0.25) is 16.9 Å². The number of methoxy groups -OCH3 is 3. The molecule has 1 atom stereocenters. The molecule has 1 unspecified atom stereocenters. The summed E-state index contributed by atoms with van der Waals surface area (Å²) in [6.45, 7) is 1.55. The quantitative estimate of drug-likeness (QED) is 0.865. The molecule has 0 aliphatic carbocycles. The number of ether oxygens (including phenoxy) is 3. The second kappa shape index (κ2) is 6.62. The van der Waals surface area contributed by atoms with Crippen molar-refractivity contribution in [1.29, 1.82) is 0 Å². The number of hydrogen-bond acceptors (Lipinski definition) is 7. The number of hydrogen-bond donors (Lipinski definition) is 2. The van der Waals surface area contributed by atoms with E-state index < -0.39 is 17.3 Å². The summed E-state index contributed by atoms with van der Waals surface area (Å²) in [5.74, 6) is 0.405. The van der Waals surface area contributed by atoms with Crippen LogP contribution in [0.15, 0.2) is 27.4 Å². The highest BCUT2D eigenvalue weighted by molar-refractivity contribution is 5.55. The maximum Gasteiger partial charge on any atom is 0.227 e. The van der Waals surface area contributed by atoms with Crippen LogP contribution in [0.4, 0.5) is 0 Å². The van der Waals surface area contributed by atoms with Gasteiger partial charge >= 0.3 is 0 Å². The number of aliphatic hydroxyl groups excluding tert-OH is 1. The molecule has 7 heteroatoms. The Labute approximate surface area is 132 Å². The first-order valence-corrected chi connectivity index (χ1v) is 6.74. The van der Waals surface area contributed by atoms with Gasteiger partial charge in [-0.15, -0.1) is 0 Å². The number of benzene rings is 1. The molecule has 2 aromatic rings. The number of aliphatic hydroxyl groups is 1. The van der Waals surface area contributed by atoms with E-state index in [0.29, 0.717) is 22.8 Å². The predicted molar refractivity (Wildman–Crippen MR) is 81.5 cm³/mol. The number of rotatable bonds is 5. The van der Waals surface area contributed by atoms with Crippen LogP contribution in [0.1, 0.15) is 23.2 Å². The summed E-state index contributed by atoms with van der Waals surface area (Å²) in [6, 6.07) is 4.16. The molecule has 1 aromatic heterocycles. The summed E-state index contributed by atoms with van der Waals surface area (Å²) < 4.78 is 20.9. The lowest BCUT2D eigenvalue weighted by atomic mass is 10.0. The van der Waals surface area contributed by atoms with Gasteiger partial charge in [0.15, 0.2) is 17.3 Å². The van der Waals surface area contributed by atoms with Crippen LogP contribution in [-0.2, 0) is 0 Å². The normalized spacial score (nSPS) is 11.9. The third-order valence-corrected chi connectivity index (χ3v) is 3.32. The van der Waals surface area contributed by atoms with E-state index in [-0.39, 0.29) is 11.5 Å². The van der Waals surface area contributed by atoms with Crippen molar-refractivity contribution in [1.82, 2.24) is 0 Å². The van der Waals surface area contributed by atoms with E-state index in [2.05, 4.69) is 0 Å². The third-order valence-electron chi connectivity index (χ3n) is 3.32. The van der Waals surface area contributed by atoms with E-state index in [1.54, 1.807) is 6.92 Å². The Balaban J connectivity index is 2.60. The first kappa shape index (κ1) is 16.7. The standard InChI is InChI=1S/C16H18O7/c1-8-5-10(17)14(19)16(23-8)13(18)9-6-11(20-2)15(22-4)12(7-9)21-3/h5-7,13,18-19H,1-4H3. The SMILES string of the molecule is COc1cc(C(O)c2oc(C)cc(=O)c2O)cc(OC)c1OC. The summed E-state index contributed by atoms with van der Waals surface area (Å²) in [7, 11) is 4.34. The molecule has 0 spiro atoms. The first-order chi connectivity index (χ1) is 10.9. The van der Waals surface area contributed by atoms with Crippen molar-refractivity contribution in [2.24, 2.45) is 0 Å². The van der Waals surface area contributed by atoms with Crippen LogP contribution in [-0.4, -0.2) is 31.5 Å². The average Bonchev–Trinajstić information content (AvgIpc) is 2.55. The van der Waals surface area contributed by atoms with Crippen LogP contribution >= 0.6 is 0 Å².